The number of carbonyl (C=O) groups is 1. The van der Waals surface area contributed by atoms with Crippen molar-refractivity contribution in [2.45, 2.75) is 65.8 Å². The minimum atomic E-state index is -1.000. The molecular weight excluding hydrogens is 546 g/mol. The number of aryl methyl sites for hydroxylation is 2. The molecule has 6 nitrogen and oxygen atoms in total. The number of nitrogens with one attached hydrogen (secondary N) is 2. The quantitative estimate of drug-likeness (QED) is 0.203. The van der Waals surface area contributed by atoms with Crippen LogP contribution in [0.1, 0.15) is 58.9 Å². The number of hydrogen-bond donors (Lipinski definition) is 3. The molecule has 1 amide bonds. The van der Waals surface area contributed by atoms with Crippen LogP contribution in [0, 0.1) is 18.6 Å². The van der Waals surface area contributed by atoms with E-state index in [0.717, 1.165) is 55.4 Å². The van der Waals surface area contributed by atoms with E-state index in [2.05, 4.69) is 66.5 Å². The van der Waals surface area contributed by atoms with Crippen molar-refractivity contribution < 1.29 is 18.7 Å². The topological polar surface area (TPSA) is 67.8 Å². The van der Waals surface area contributed by atoms with E-state index in [9.17, 15) is 18.7 Å². The zero-order valence-electron chi connectivity index (χ0n) is 26.3. The Hall–Kier alpha value is -3.17. The number of nitrogens with zero attached hydrogens (tertiary/aromatic N) is 2. The zero-order chi connectivity index (χ0) is 31.4. The molecule has 8 heteroatoms. The minimum absolute atomic E-state index is 0.0708. The van der Waals surface area contributed by atoms with Gasteiger partial charge in [0.2, 0.25) is 0 Å². The molecule has 0 heterocycles. The molecule has 3 aromatic rings. The lowest BCUT2D eigenvalue weighted by Crippen LogP contribution is -2.48. The molecule has 43 heavy (non-hydrogen) atoms. The van der Waals surface area contributed by atoms with Gasteiger partial charge in [-0.1, -0.05) is 56.7 Å². The van der Waals surface area contributed by atoms with Crippen LogP contribution >= 0.6 is 0 Å². The lowest BCUT2D eigenvalue weighted by atomic mass is 9.99. The summed E-state index contributed by atoms with van der Waals surface area (Å²) in [6, 6.07) is 16.5. The predicted molar refractivity (Wildman–Crippen MR) is 170 cm³/mol. The van der Waals surface area contributed by atoms with Gasteiger partial charge >= 0.3 is 0 Å². The fourth-order valence-corrected chi connectivity index (χ4v) is 5.31. The molecule has 0 saturated carbocycles. The van der Waals surface area contributed by atoms with E-state index in [1.165, 1.54) is 17.7 Å². The maximum Gasteiger partial charge on any atom is 0.251 e. The number of rotatable bonds is 17. The SMILES string of the molecule is CCc1cccc(CNCC(O)C(Cc2cc(F)cc(F)c2)NC(=O)c2cc(C)cc(CN(C)CCN(CC)CC)c2)c1. The highest BCUT2D eigenvalue weighted by molar-refractivity contribution is 5.94. The number of aliphatic hydroxyl groups excluding tert-OH is 1. The second-order valence-corrected chi connectivity index (χ2v) is 11.4. The molecule has 0 aliphatic heterocycles. The highest BCUT2D eigenvalue weighted by Gasteiger charge is 2.23. The van der Waals surface area contributed by atoms with Gasteiger partial charge in [0.15, 0.2) is 0 Å². The van der Waals surface area contributed by atoms with Crippen molar-refractivity contribution >= 4 is 5.91 Å². The van der Waals surface area contributed by atoms with Gasteiger partial charge in [-0.25, -0.2) is 8.78 Å². The summed E-state index contributed by atoms with van der Waals surface area (Å²) in [6.45, 7) is 13.7. The third-order valence-corrected chi connectivity index (χ3v) is 7.79. The molecule has 0 radical (unpaired) electrons. The summed E-state index contributed by atoms with van der Waals surface area (Å²) in [5.74, 6) is -1.74. The van der Waals surface area contributed by atoms with Crippen molar-refractivity contribution in [3.63, 3.8) is 0 Å². The summed E-state index contributed by atoms with van der Waals surface area (Å²) < 4.78 is 28.0. The van der Waals surface area contributed by atoms with Crippen LogP contribution in [0.4, 0.5) is 8.78 Å². The Labute approximate surface area is 256 Å². The van der Waals surface area contributed by atoms with Crippen LogP contribution in [0.25, 0.3) is 0 Å². The first-order valence-corrected chi connectivity index (χ1v) is 15.3. The number of carbonyl (C=O) groups excluding carboxylic acids is 1. The smallest absolute Gasteiger partial charge is 0.251 e. The Kier molecular flexibility index (Phi) is 13.7. The van der Waals surface area contributed by atoms with Crippen molar-refractivity contribution in [2.75, 3.05) is 39.8 Å². The normalized spacial score (nSPS) is 13.0. The van der Waals surface area contributed by atoms with Gasteiger partial charge in [0.25, 0.3) is 5.91 Å². The lowest BCUT2D eigenvalue weighted by Gasteiger charge is -2.25. The third kappa shape index (κ3) is 11.4. The molecule has 234 valence electrons. The highest BCUT2D eigenvalue weighted by atomic mass is 19.1. The van der Waals surface area contributed by atoms with E-state index in [0.29, 0.717) is 24.2 Å². The van der Waals surface area contributed by atoms with Gasteiger partial charge in [-0.2, -0.15) is 0 Å². The van der Waals surface area contributed by atoms with Crippen LogP contribution in [-0.2, 0) is 25.9 Å². The molecule has 0 fully saturated rings. The summed E-state index contributed by atoms with van der Waals surface area (Å²) in [5.41, 5.74) is 5.14. The molecule has 0 saturated heterocycles. The van der Waals surface area contributed by atoms with Crippen molar-refractivity contribution in [1.29, 1.82) is 0 Å². The maximum absolute atomic E-state index is 14.0. The van der Waals surface area contributed by atoms with E-state index in [-0.39, 0.29) is 18.9 Å². The molecule has 3 aromatic carbocycles. The van der Waals surface area contributed by atoms with Crippen molar-refractivity contribution in [2.24, 2.45) is 0 Å². The molecule has 0 aliphatic carbocycles. The number of aliphatic hydroxyl groups is 1. The predicted octanol–water partition coefficient (Wildman–Crippen LogP) is 5.10. The number of likely N-dealkylation sites (N-methyl/N-ethyl adjacent to an activating group) is 2. The van der Waals surface area contributed by atoms with Crippen LogP contribution in [0.2, 0.25) is 0 Å². The highest BCUT2D eigenvalue weighted by Crippen LogP contribution is 2.15. The van der Waals surface area contributed by atoms with Gasteiger partial charge in [0.05, 0.1) is 12.1 Å². The molecule has 3 N–H and O–H groups in total. The summed E-state index contributed by atoms with van der Waals surface area (Å²) in [6.07, 6.45) is 0.00349. The summed E-state index contributed by atoms with van der Waals surface area (Å²) >= 11 is 0. The first-order valence-electron chi connectivity index (χ1n) is 15.3. The zero-order valence-corrected chi connectivity index (χ0v) is 26.3. The van der Waals surface area contributed by atoms with Crippen LogP contribution in [0.15, 0.2) is 60.7 Å². The van der Waals surface area contributed by atoms with Gasteiger partial charge in [-0.05, 0) is 86.4 Å². The van der Waals surface area contributed by atoms with Crippen molar-refractivity contribution in [3.05, 3.63) is 106 Å². The third-order valence-electron chi connectivity index (χ3n) is 7.79. The standard InChI is InChI=1S/C35H48F2N4O2/c1-6-26-10-9-11-27(16-26)22-38-23-34(42)33(20-28-18-31(36)21-32(37)19-28)39-35(43)30-15-25(4)14-29(17-30)24-40(5)12-13-41(7-2)8-3/h9-11,14-19,21,33-34,38,42H,6-8,12-13,20,22-24H2,1-5H3,(H,39,43). The average Bonchev–Trinajstić information content (AvgIpc) is 2.96. The molecule has 2 unspecified atom stereocenters. The van der Waals surface area contributed by atoms with Gasteiger partial charge < -0.3 is 25.5 Å². The van der Waals surface area contributed by atoms with Crippen LogP contribution < -0.4 is 10.6 Å². The molecule has 0 bridgehead atoms. The van der Waals surface area contributed by atoms with Crippen LogP contribution in [0.5, 0.6) is 0 Å². The summed E-state index contributed by atoms with van der Waals surface area (Å²) in [4.78, 5) is 18.1. The maximum atomic E-state index is 14.0. The van der Waals surface area contributed by atoms with E-state index in [1.54, 1.807) is 0 Å². The summed E-state index contributed by atoms with van der Waals surface area (Å²) in [7, 11) is 2.07. The molecule has 2 atom stereocenters. The van der Waals surface area contributed by atoms with E-state index in [4.69, 9.17) is 0 Å². The Morgan fingerprint density at radius 2 is 1.58 bits per heavy atom. The van der Waals surface area contributed by atoms with Gasteiger partial charge in [-0.3, -0.25) is 4.79 Å². The minimum Gasteiger partial charge on any atom is -0.390 e. The fourth-order valence-electron chi connectivity index (χ4n) is 5.31. The first kappa shape index (κ1) is 34.3. The number of halogens is 2. The molecule has 0 aromatic heterocycles. The molecular formula is C35H48F2N4O2. The van der Waals surface area contributed by atoms with Crippen molar-refractivity contribution in [1.82, 2.24) is 20.4 Å². The number of benzene rings is 3. The number of amides is 1. The van der Waals surface area contributed by atoms with E-state index >= 15 is 0 Å². The second kappa shape index (κ2) is 17.2. The van der Waals surface area contributed by atoms with Crippen LogP contribution in [-0.4, -0.2) is 72.7 Å². The Morgan fingerprint density at radius 3 is 2.26 bits per heavy atom. The lowest BCUT2D eigenvalue weighted by molar-refractivity contribution is 0.0829. The molecule has 0 aliphatic rings. The second-order valence-electron chi connectivity index (χ2n) is 11.4. The Bertz CT molecular complexity index is 1290. The van der Waals surface area contributed by atoms with Gasteiger partial charge in [-0.15, -0.1) is 0 Å². The van der Waals surface area contributed by atoms with Crippen LogP contribution in [0.3, 0.4) is 0 Å². The largest absolute Gasteiger partial charge is 0.390 e. The van der Waals surface area contributed by atoms with Crippen molar-refractivity contribution in [3.8, 4) is 0 Å². The van der Waals surface area contributed by atoms with E-state index < -0.39 is 23.8 Å². The Balaban J connectivity index is 1.72. The molecule has 0 spiro atoms. The number of hydrogen-bond acceptors (Lipinski definition) is 5. The Morgan fingerprint density at radius 1 is 0.884 bits per heavy atom. The van der Waals surface area contributed by atoms with Gasteiger partial charge in [0, 0.05) is 44.4 Å². The van der Waals surface area contributed by atoms with Gasteiger partial charge in [0.1, 0.15) is 11.6 Å². The van der Waals surface area contributed by atoms with E-state index in [1.807, 2.05) is 31.2 Å². The average molecular weight is 595 g/mol. The fraction of sp³-hybridized carbons (Fsp3) is 0.457. The first-order chi connectivity index (χ1) is 20.6. The summed E-state index contributed by atoms with van der Waals surface area (Å²) in [5, 5.41) is 17.4. The molecule has 3 rings (SSSR count). The monoisotopic (exact) mass is 594 g/mol.